The lowest BCUT2D eigenvalue weighted by Gasteiger charge is -1.87. The number of hydrogen-bond acceptors (Lipinski definition) is 3. The van der Waals surface area contributed by atoms with Crippen molar-refractivity contribution in [3.05, 3.63) is 0 Å². The minimum Gasteiger partial charge on any atom is -0.481 e. The van der Waals surface area contributed by atoms with Gasteiger partial charge in [-0.3, -0.25) is 10.1 Å². The second-order valence-electron chi connectivity index (χ2n) is 1.71. The Morgan fingerprint density at radius 3 is 2.10 bits per heavy atom. The van der Waals surface area contributed by atoms with Gasteiger partial charge in [0.05, 0.1) is 6.61 Å². The minimum atomic E-state index is -0.833. The summed E-state index contributed by atoms with van der Waals surface area (Å²) in [6.07, 6.45) is 2.01. The van der Waals surface area contributed by atoms with Gasteiger partial charge in [0.25, 0.3) is 5.97 Å². The van der Waals surface area contributed by atoms with Gasteiger partial charge in [0.15, 0.2) is 0 Å². The largest absolute Gasteiger partial charge is 0.481 e. The lowest BCUT2D eigenvalue weighted by atomic mass is 10.4. The molecular formula is C6H14O4. The molecule has 0 fully saturated rings. The van der Waals surface area contributed by atoms with Crippen molar-refractivity contribution in [2.45, 2.75) is 26.7 Å². The van der Waals surface area contributed by atoms with E-state index in [2.05, 4.69) is 4.89 Å². The molecule has 0 saturated carbocycles. The molecule has 0 aliphatic rings. The standard InChI is InChI=1S/C4H10O2.C2H4O2/c1-2-3-4-6-5;1-2(3)4/h5H,2-4H2,1H3;1H3,(H,3,4). The predicted molar refractivity (Wildman–Crippen MR) is 36.8 cm³/mol. The summed E-state index contributed by atoms with van der Waals surface area (Å²) in [6, 6.07) is 0. The van der Waals surface area contributed by atoms with Crippen LogP contribution in [-0.4, -0.2) is 22.9 Å². The van der Waals surface area contributed by atoms with E-state index in [4.69, 9.17) is 15.2 Å². The fourth-order valence-electron chi connectivity index (χ4n) is 0.209. The molecule has 0 rings (SSSR count). The molecule has 2 N–H and O–H groups in total. The molecule has 0 amide bonds. The summed E-state index contributed by atoms with van der Waals surface area (Å²) in [5.41, 5.74) is 0. The molecule has 0 bridgehead atoms. The normalized spacial score (nSPS) is 7.90. The van der Waals surface area contributed by atoms with Crippen LogP contribution in [0.5, 0.6) is 0 Å². The summed E-state index contributed by atoms with van der Waals surface area (Å²) in [5, 5.41) is 15.1. The van der Waals surface area contributed by atoms with Gasteiger partial charge in [-0.1, -0.05) is 13.3 Å². The fourth-order valence-corrected chi connectivity index (χ4v) is 0.209. The maximum absolute atomic E-state index is 9.00. The van der Waals surface area contributed by atoms with Gasteiger partial charge >= 0.3 is 0 Å². The summed E-state index contributed by atoms with van der Waals surface area (Å²) in [6.45, 7) is 3.59. The van der Waals surface area contributed by atoms with Crippen LogP contribution in [0.2, 0.25) is 0 Å². The van der Waals surface area contributed by atoms with Crippen LogP contribution in [0.25, 0.3) is 0 Å². The van der Waals surface area contributed by atoms with Crippen LogP contribution in [0.3, 0.4) is 0 Å². The van der Waals surface area contributed by atoms with Crippen molar-refractivity contribution in [2.75, 3.05) is 6.61 Å². The number of rotatable bonds is 3. The first kappa shape index (κ1) is 12.1. The number of hydrogen-bond donors (Lipinski definition) is 2. The number of unbranched alkanes of at least 4 members (excludes halogenated alkanes) is 1. The monoisotopic (exact) mass is 150 g/mol. The Hall–Kier alpha value is -0.610. The van der Waals surface area contributed by atoms with E-state index in [1.807, 2.05) is 6.92 Å². The summed E-state index contributed by atoms with van der Waals surface area (Å²) in [7, 11) is 0. The number of carboxylic acid groups (broad SMARTS) is 1. The zero-order valence-electron chi connectivity index (χ0n) is 6.33. The van der Waals surface area contributed by atoms with Crippen LogP contribution >= 0.6 is 0 Å². The molecule has 62 valence electrons. The summed E-state index contributed by atoms with van der Waals surface area (Å²) >= 11 is 0. The van der Waals surface area contributed by atoms with Gasteiger partial charge in [-0.25, -0.2) is 4.89 Å². The van der Waals surface area contributed by atoms with Crippen LogP contribution < -0.4 is 0 Å². The maximum Gasteiger partial charge on any atom is 0.300 e. The van der Waals surface area contributed by atoms with Crippen LogP contribution in [0.15, 0.2) is 0 Å². The van der Waals surface area contributed by atoms with E-state index in [0.29, 0.717) is 6.61 Å². The third-order valence-electron chi connectivity index (χ3n) is 0.589. The summed E-state index contributed by atoms with van der Waals surface area (Å²) < 4.78 is 0. The van der Waals surface area contributed by atoms with Crippen molar-refractivity contribution < 1.29 is 20.0 Å². The molecule has 4 nitrogen and oxygen atoms in total. The van der Waals surface area contributed by atoms with Gasteiger partial charge in [-0.05, 0) is 6.42 Å². The highest BCUT2D eigenvalue weighted by atomic mass is 17.1. The molecule has 4 heteroatoms. The lowest BCUT2D eigenvalue weighted by molar-refractivity contribution is -0.242. The van der Waals surface area contributed by atoms with Gasteiger partial charge in [0.2, 0.25) is 0 Å². The first-order valence-electron chi connectivity index (χ1n) is 3.11. The van der Waals surface area contributed by atoms with Gasteiger partial charge in [0, 0.05) is 6.92 Å². The molecule has 0 unspecified atom stereocenters. The Morgan fingerprint density at radius 1 is 1.60 bits per heavy atom. The smallest absolute Gasteiger partial charge is 0.300 e. The summed E-state index contributed by atoms with van der Waals surface area (Å²) in [4.78, 5) is 12.8. The van der Waals surface area contributed by atoms with Gasteiger partial charge in [-0.2, -0.15) is 0 Å². The third-order valence-corrected chi connectivity index (χ3v) is 0.589. The Morgan fingerprint density at radius 2 is 2.00 bits per heavy atom. The average Bonchev–Trinajstić information content (AvgIpc) is 1.82. The Labute approximate surface area is 60.4 Å². The highest BCUT2D eigenvalue weighted by molar-refractivity contribution is 5.62. The summed E-state index contributed by atoms with van der Waals surface area (Å²) in [5.74, 6) is -0.833. The Balaban J connectivity index is 0. The highest BCUT2D eigenvalue weighted by Gasteiger charge is 1.76. The molecular weight excluding hydrogens is 136 g/mol. The maximum atomic E-state index is 9.00. The Kier molecular flexibility index (Phi) is 13.6. The van der Waals surface area contributed by atoms with Crippen molar-refractivity contribution in [3.8, 4) is 0 Å². The van der Waals surface area contributed by atoms with Crippen molar-refractivity contribution >= 4 is 5.97 Å². The number of carbonyl (C=O) groups is 1. The fraction of sp³-hybridized carbons (Fsp3) is 0.833. The lowest BCUT2D eigenvalue weighted by Crippen LogP contribution is -1.84. The first-order chi connectivity index (χ1) is 4.65. The quantitative estimate of drug-likeness (QED) is 0.362. The molecule has 0 aliphatic carbocycles. The molecule has 0 saturated heterocycles. The van der Waals surface area contributed by atoms with Gasteiger partial charge in [-0.15, -0.1) is 0 Å². The molecule has 0 aromatic carbocycles. The molecule has 0 atom stereocenters. The third kappa shape index (κ3) is 52.8. The predicted octanol–water partition coefficient (Wildman–Crippen LogP) is 1.37. The highest BCUT2D eigenvalue weighted by Crippen LogP contribution is 1.83. The second kappa shape index (κ2) is 11.2. The van der Waals surface area contributed by atoms with E-state index in [0.717, 1.165) is 19.8 Å². The molecule has 0 aromatic heterocycles. The van der Waals surface area contributed by atoms with E-state index in [9.17, 15) is 0 Å². The van der Waals surface area contributed by atoms with E-state index in [1.165, 1.54) is 0 Å². The SMILES string of the molecule is CC(=O)O.CCCCOO. The van der Waals surface area contributed by atoms with Gasteiger partial charge < -0.3 is 5.11 Å². The number of carboxylic acids is 1. The minimum absolute atomic E-state index is 0.469. The topological polar surface area (TPSA) is 66.8 Å². The Bertz CT molecular complexity index is 64.1. The van der Waals surface area contributed by atoms with Crippen LogP contribution in [-0.2, 0) is 9.68 Å². The average molecular weight is 150 g/mol. The van der Waals surface area contributed by atoms with Crippen molar-refractivity contribution in [1.82, 2.24) is 0 Å². The molecule has 0 heterocycles. The zero-order chi connectivity index (χ0) is 8.41. The van der Waals surface area contributed by atoms with Crippen LogP contribution in [0.1, 0.15) is 26.7 Å². The molecule has 0 aliphatic heterocycles. The van der Waals surface area contributed by atoms with Crippen molar-refractivity contribution in [2.24, 2.45) is 0 Å². The first-order valence-corrected chi connectivity index (χ1v) is 3.11. The molecule has 10 heavy (non-hydrogen) atoms. The van der Waals surface area contributed by atoms with Crippen molar-refractivity contribution in [1.29, 1.82) is 0 Å². The molecule has 0 aromatic rings. The van der Waals surface area contributed by atoms with E-state index in [1.54, 1.807) is 0 Å². The van der Waals surface area contributed by atoms with E-state index < -0.39 is 5.97 Å². The van der Waals surface area contributed by atoms with Gasteiger partial charge in [0.1, 0.15) is 0 Å². The second-order valence-corrected chi connectivity index (χ2v) is 1.71. The van der Waals surface area contributed by atoms with Crippen molar-refractivity contribution in [3.63, 3.8) is 0 Å². The number of aliphatic carboxylic acids is 1. The van der Waals surface area contributed by atoms with Crippen LogP contribution in [0.4, 0.5) is 0 Å². The molecule has 0 spiro atoms. The van der Waals surface area contributed by atoms with E-state index >= 15 is 0 Å². The molecule has 0 radical (unpaired) electrons. The van der Waals surface area contributed by atoms with Crippen LogP contribution in [0, 0.1) is 0 Å². The van der Waals surface area contributed by atoms with E-state index in [-0.39, 0.29) is 0 Å². The zero-order valence-corrected chi connectivity index (χ0v) is 6.33.